The summed E-state index contributed by atoms with van der Waals surface area (Å²) >= 11 is 0. The monoisotopic (exact) mass is 286 g/mol. The van der Waals surface area contributed by atoms with Crippen molar-refractivity contribution in [3.05, 3.63) is 41.3 Å². The molecular weight excluding hydrogens is 267 g/mol. The zero-order valence-corrected chi connectivity index (χ0v) is 12.3. The molecule has 0 spiro atoms. The van der Waals surface area contributed by atoms with Gasteiger partial charge in [0.1, 0.15) is 0 Å². The van der Waals surface area contributed by atoms with Crippen molar-refractivity contribution >= 4 is 17.5 Å². The quantitative estimate of drug-likeness (QED) is 0.893. The molecular formula is C16H19FN4. The van der Waals surface area contributed by atoms with E-state index in [4.69, 9.17) is 0 Å². The number of hydrogen-bond donors (Lipinski definition) is 2. The van der Waals surface area contributed by atoms with E-state index in [9.17, 15) is 4.39 Å². The van der Waals surface area contributed by atoms with E-state index < -0.39 is 5.82 Å². The van der Waals surface area contributed by atoms with Crippen LogP contribution in [-0.2, 0) is 0 Å². The van der Waals surface area contributed by atoms with Gasteiger partial charge < -0.3 is 10.6 Å². The van der Waals surface area contributed by atoms with E-state index in [2.05, 4.69) is 26.7 Å². The highest BCUT2D eigenvalue weighted by atomic mass is 19.1. The van der Waals surface area contributed by atoms with Crippen LogP contribution in [0.2, 0.25) is 0 Å². The van der Waals surface area contributed by atoms with Gasteiger partial charge in [0.15, 0.2) is 11.6 Å². The average Bonchev–Trinajstić information content (AvgIpc) is 2.36. The van der Waals surface area contributed by atoms with E-state index in [1.807, 2.05) is 26.0 Å². The molecule has 2 aromatic rings. The van der Waals surface area contributed by atoms with Crippen LogP contribution in [0.25, 0.3) is 0 Å². The maximum absolute atomic E-state index is 13.7. The molecule has 1 aliphatic carbocycles. The molecule has 0 atom stereocenters. The van der Waals surface area contributed by atoms with Crippen molar-refractivity contribution in [3.63, 3.8) is 0 Å². The average molecular weight is 286 g/mol. The van der Waals surface area contributed by atoms with Gasteiger partial charge in [-0.25, -0.2) is 9.37 Å². The third kappa shape index (κ3) is 3.29. The highest BCUT2D eigenvalue weighted by molar-refractivity contribution is 5.57. The van der Waals surface area contributed by atoms with Gasteiger partial charge in [-0.3, -0.25) is 0 Å². The first-order valence-corrected chi connectivity index (χ1v) is 7.24. The molecule has 1 aliphatic rings. The topological polar surface area (TPSA) is 49.8 Å². The second-order valence-electron chi connectivity index (χ2n) is 5.66. The summed E-state index contributed by atoms with van der Waals surface area (Å²) in [5.41, 5.74) is 3.23. The highest BCUT2D eigenvalue weighted by Gasteiger charge is 2.19. The molecule has 1 aromatic heterocycles. The highest BCUT2D eigenvalue weighted by Crippen LogP contribution is 2.24. The molecule has 110 valence electrons. The summed E-state index contributed by atoms with van der Waals surface area (Å²) in [5, 5.41) is 6.26. The summed E-state index contributed by atoms with van der Waals surface area (Å²) in [6.07, 6.45) is 4.55. The van der Waals surface area contributed by atoms with Crippen molar-refractivity contribution in [1.29, 1.82) is 0 Å². The standard InChI is InChI=1S/C16H19FN4/c1-10-6-11(2)8-13(7-10)20-16-18-9-14(17)15(21-16)19-12-4-3-5-12/h6-9,12H,3-5H2,1-2H3,(H2,18,19,20,21). The smallest absolute Gasteiger partial charge is 0.229 e. The fraction of sp³-hybridized carbons (Fsp3) is 0.375. The number of aromatic nitrogens is 2. The first kappa shape index (κ1) is 13.8. The molecule has 0 saturated heterocycles. The Kier molecular flexibility index (Phi) is 3.73. The number of hydrogen-bond acceptors (Lipinski definition) is 4. The SMILES string of the molecule is Cc1cc(C)cc(Nc2ncc(F)c(NC3CCC3)n2)c1. The van der Waals surface area contributed by atoms with Crippen LogP contribution in [0.1, 0.15) is 30.4 Å². The van der Waals surface area contributed by atoms with Crippen molar-refractivity contribution in [2.24, 2.45) is 0 Å². The van der Waals surface area contributed by atoms with Gasteiger partial charge in [-0.1, -0.05) is 6.07 Å². The van der Waals surface area contributed by atoms with Gasteiger partial charge in [-0.15, -0.1) is 0 Å². The summed E-state index contributed by atoms with van der Waals surface area (Å²) in [6, 6.07) is 6.46. The lowest BCUT2D eigenvalue weighted by Crippen LogP contribution is -2.28. The van der Waals surface area contributed by atoms with Crippen molar-refractivity contribution in [2.75, 3.05) is 10.6 Å². The van der Waals surface area contributed by atoms with Crippen LogP contribution in [0.4, 0.5) is 21.8 Å². The summed E-state index contributed by atoms with van der Waals surface area (Å²) in [4.78, 5) is 8.25. The molecule has 0 bridgehead atoms. The third-order valence-electron chi connectivity index (χ3n) is 3.67. The van der Waals surface area contributed by atoms with Crippen molar-refractivity contribution < 1.29 is 4.39 Å². The number of halogens is 1. The maximum atomic E-state index is 13.7. The van der Waals surface area contributed by atoms with E-state index in [1.165, 1.54) is 12.6 Å². The van der Waals surface area contributed by atoms with Gasteiger partial charge in [0.25, 0.3) is 0 Å². The Hall–Kier alpha value is -2.17. The minimum atomic E-state index is -0.409. The normalized spacial score (nSPS) is 14.6. The fourth-order valence-corrected chi connectivity index (χ4v) is 2.45. The molecule has 1 heterocycles. The Bertz CT molecular complexity index is 632. The van der Waals surface area contributed by atoms with Crippen LogP contribution >= 0.6 is 0 Å². The molecule has 5 heteroatoms. The Morgan fingerprint density at radius 2 is 1.86 bits per heavy atom. The second kappa shape index (κ2) is 5.68. The molecule has 0 amide bonds. The van der Waals surface area contributed by atoms with Gasteiger partial charge >= 0.3 is 0 Å². The minimum Gasteiger partial charge on any atom is -0.365 e. The van der Waals surface area contributed by atoms with Crippen molar-refractivity contribution in [2.45, 2.75) is 39.2 Å². The summed E-state index contributed by atoms with van der Waals surface area (Å²) < 4.78 is 13.7. The largest absolute Gasteiger partial charge is 0.365 e. The Morgan fingerprint density at radius 1 is 1.14 bits per heavy atom. The Balaban J connectivity index is 1.79. The Labute approximate surface area is 123 Å². The molecule has 2 N–H and O–H groups in total. The van der Waals surface area contributed by atoms with Crippen LogP contribution in [0.5, 0.6) is 0 Å². The van der Waals surface area contributed by atoms with Crippen LogP contribution in [-0.4, -0.2) is 16.0 Å². The molecule has 1 aromatic carbocycles. The molecule has 3 rings (SSSR count). The summed E-state index contributed by atoms with van der Waals surface area (Å²) in [5.74, 6) is 0.276. The van der Waals surface area contributed by atoms with Crippen molar-refractivity contribution in [1.82, 2.24) is 9.97 Å². The number of rotatable bonds is 4. The van der Waals surface area contributed by atoms with E-state index >= 15 is 0 Å². The van der Waals surface area contributed by atoms with Gasteiger partial charge in [-0.2, -0.15) is 4.98 Å². The van der Waals surface area contributed by atoms with E-state index in [0.29, 0.717) is 12.0 Å². The first-order valence-electron chi connectivity index (χ1n) is 7.24. The van der Waals surface area contributed by atoms with Crippen molar-refractivity contribution in [3.8, 4) is 0 Å². The summed E-state index contributed by atoms with van der Waals surface area (Å²) in [6.45, 7) is 4.07. The van der Waals surface area contributed by atoms with Crippen LogP contribution in [0.3, 0.4) is 0 Å². The van der Waals surface area contributed by atoms with E-state index in [-0.39, 0.29) is 5.82 Å². The predicted octanol–water partition coefficient (Wildman–Crippen LogP) is 3.94. The molecule has 1 saturated carbocycles. The van der Waals surface area contributed by atoms with Gasteiger partial charge in [0.05, 0.1) is 6.20 Å². The molecule has 0 unspecified atom stereocenters. The van der Waals surface area contributed by atoms with Gasteiger partial charge in [0.2, 0.25) is 5.95 Å². The Morgan fingerprint density at radius 3 is 2.48 bits per heavy atom. The molecule has 1 fully saturated rings. The van der Waals surface area contributed by atoms with E-state index in [0.717, 1.165) is 29.7 Å². The van der Waals surface area contributed by atoms with Crippen LogP contribution in [0.15, 0.2) is 24.4 Å². The number of anilines is 3. The third-order valence-corrected chi connectivity index (χ3v) is 3.67. The minimum absolute atomic E-state index is 0.279. The number of aryl methyl sites for hydroxylation is 2. The lowest BCUT2D eigenvalue weighted by atomic mass is 9.93. The lowest BCUT2D eigenvalue weighted by Gasteiger charge is -2.27. The van der Waals surface area contributed by atoms with Crippen LogP contribution in [0, 0.1) is 19.7 Å². The van der Waals surface area contributed by atoms with E-state index in [1.54, 1.807) is 0 Å². The summed E-state index contributed by atoms with van der Waals surface area (Å²) in [7, 11) is 0. The number of benzene rings is 1. The molecule has 0 radical (unpaired) electrons. The number of nitrogens with one attached hydrogen (secondary N) is 2. The lowest BCUT2D eigenvalue weighted by molar-refractivity contribution is 0.441. The molecule has 21 heavy (non-hydrogen) atoms. The molecule has 0 aliphatic heterocycles. The predicted molar refractivity (Wildman–Crippen MR) is 82.5 cm³/mol. The zero-order valence-electron chi connectivity index (χ0n) is 12.3. The van der Waals surface area contributed by atoms with Crippen LogP contribution < -0.4 is 10.6 Å². The second-order valence-corrected chi connectivity index (χ2v) is 5.66. The maximum Gasteiger partial charge on any atom is 0.229 e. The van der Waals surface area contributed by atoms with Gasteiger partial charge in [-0.05, 0) is 56.4 Å². The van der Waals surface area contributed by atoms with Gasteiger partial charge in [0, 0.05) is 11.7 Å². The first-order chi connectivity index (χ1) is 10.1. The fourth-order valence-electron chi connectivity index (χ4n) is 2.45. The molecule has 4 nitrogen and oxygen atoms in total. The zero-order chi connectivity index (χ0) is 14.8. The number of nitrogens with zero attached hydrogens (tertiary/aromatic N) is 2.